The molecule has 0 saturated heterocycles. The van der Waals surface area contributed by atoms with Crippen LogP contribution in [-0.4, -0.2) is 5.91 Å². The number of carbonyl (C=O) groups is 1. The Kier molecular flexibility index (Phi) is 7.53. The van der Waals surface area contributed by atoms with E-state index in [1.165, 1.54) is 12.1 Å². The van der Waals surface area contributed by atoms with Gasteiger partial charge in [0.1, 0.15) is 24.0 Å². The van der Waals surface area contributed by atoms with Crippen LogP contribution in [0.15, 0.2) is 76.8 Å². The number of carbonyl (C=O) groups excluding carboxylic acids is 1. The molecule has 0 saturated carbocycles. The van der Waals surface area contributed by atoms with Gasteiger partial charge < -0.3 is 10.1 Å². The van der Waals surface area contributed by atoms with Crippen molar-refractivity contribution in [2.75, 3.05) is 5.32 Å². The molecule has 3 aromatic carbocycles. The number of rotatable bonds is 6. The summed E-state index contributed by atoms with van der Waals surface area (Å²) in [4.78, 5) is 12.5. The third-order valence-corrected chi connectivity index (χ3v) is 5.23. The fourth-order valence-corrected chi connectivity index (χ4v) is 3.41. The molecule has 0 radical (unpaired) electrons. The number of halogens is 3. The molecule has 150 valence electrons. The van der Waals surface area contributed by atoms with Crippen molar-refractivity contribution in [2.24, 2.45) is 0 Å². The maximum atomic E-state index is 12.5. The van der Waals surface area contributed by atoms with Gasteiger partial charge in [0.05, 0.1) is 15.2 Å². The molecule has 0 aliphatic carbocycles. The summed E-state index contributed by atoms with van der Waals surface area (Å²) in [6.45, 7) is 0.431. The molecule has 0 heterocycles. The summed E-state index contributed by atoms with van der Waals surface area (Å²) in [5.74, 6) is 0.0758. The predicted octanol–water partition coefficient (Wildman–Crippen LogP) is 6.88. The van der Waals surface area contributed by atoms with Gasteiger partial charge in [0.2, 0.25) is 0 Å². The van der Waals surface area contributed by atoms with Gasteiger partial charge >= 0.3 is 0 Å². The molecule has 30 heavy (non-hydrogen) atoms. The van der Waals surface area contributed by atoms with E-state index >= 15 is 0 Å². The second kappa shape index (κ2) is 10.3. The van der Waals surface area contributed by atoms with Gasteiger partial charge in [-0.2, -0.15) is 5.26 Å². The standard InChI is InChI=1S/C23H15BrCl2N2O2/c24-19-11-16(6-9-22(19)30-14-15-4-2-1-3-5-15)10-17(13-27)23(29)28-21-12-18(25)7-8-20(21)26/h1-12H,14H2,(H,28,29)/b17-10-. The number of benzene rings is 3. The first-order valence-electron chi connectivity index (χ1n) is 8.81. The fraction of sp³-hybridized carbons (Fsp3) is 0.0435. The highest BCUT2D eigenvalue weighted by molar-refractivity contribution is 9.10. The molecule has 1 N–H and O–H groups in total. The van der Waals surface area contributed by atoms with Gasteiger partial charge in [-0.15, -0.1) is 0 Å². The molecule has 0 aliphatic rings. The summed E-state index contributed by atoms with van der Waals surface area (Å²) in [7, 11) is 0. The van der Waals surface area contributed by atoms with Crippen LogP contribution in [0.25, 0.3) is 6.08 Å². The molecule has 0 bridgehead atoms. The van der Waals surface area contributed by atoms with Crippen molar-refractivity contribution in [3.63, 3.8) is 0 Å². The lowest BCUT2D eigenvalue weighted by Gasteiger charge is -2.09. The monoisotopic (exact) mass is 500 g/mol. The largest absolute Gasteiger partial charge is 0.488 e. The van der Waals surface area contributed by atoms with Crippen LogP contribution >= 0.6 is 39.1 Å². The number of nitrogens with one attached hydrogen (secondary N) is 1. The third-order valence-electron chi connectivity index (χ3n) is 4.05. The molecule has 3 rings (SSSR count). The minimum Gasteiger partial charge on any atom is -0.488 e. The summed E-state index contributed by atoms with van der Waals surface area (Å²) < 4.78 is 6.53. The zero-order chi connectivity index (χ0) is 21.5. The lowest BCUT2D eigenvalue weighted by Crippen LogP contribution is -2.13. The highest BCUT2D eigenvalue weighted by Gasteiger charge is 2.12. The molecular weight excluding hydrogens is 487 g/mol. The smallest absolute Gasteiger partial charge is 0.266 e. The van der Waals surface area contributed by atoms with E-state index in [1.54, 1.807) is 30.3 Å². The molecule has 0 aliphatic heterocycles. The number of anilines is 1. The molecule has 0 unspecified atom stereocenters. The van der Waals surface area contributed by atoms with Crippen LogP contribution in [0.3, 0.4) is 0 Å². The first-order chi connectivity index (χ1) is 14.5. The van der Waals surface area contributed by atoms with Gasteiger partial charge in [0.25, 0.3) is 5.91 Å². The lowest BCUT2D eigenvalue weighted by molar-refractivity contribution is -0.112. The minimum absolute atomic E-state index is 0.0732. The van der Waals surface area contributed by atoms with Crippen molar-refractivity contribution in [1.29, 1.82) is 5.26 Å². The first kappa shape index (κ1) is 21.9. The SMILES string of the molecule is N#C/C(=C/c1ccc(OCc2ccccc2)c(Br)c1)C(=O)Nc1cc(Cl)ccc1Cl. The molecule has 0 fully saturated rings. The normalized spacial score (nSPS) is 10.9. The average Bonchev–Trinajstić information content (AvgIpc) is 2.74. The van der Waals surface area contributed by atoms with Crippen LogP contribution in [0, 0.1) is 11.3 Å². The molecule has 0 aromatic heterocycles. The Bertz CT molecular complexity index is 1140. The Morgan fingerprint density at radius 3 is 2.57 bits per heavy atom. The highest BCUT2D eigenvalue weighted by atomic mass is 79.9. The van der Waals surface area contributed by atoms with Gasteiger partial charge in [-0.05, 0) is 63.5 Å². The third kappa shape index (κ3) is 5.87. The maximum Gasteiger partial charge on any atom is 0.266 e. The van der Waals surface area contributed by atoms with Crippen LogP contribution in [0.1, 0.15) is 11.1 Å². The number of nitrogens with zero attached hydrogens (tertiary/aromatic N) is 1. The first-order valence-corrected chi connectivity index (χ1v) is 10.4. The Balaban J connectivity index is 1.73. The van der Waals surface area contributed by atoms with Crippen molar-refractivity contribution >= 4 is 56.8 Å². The maximum absolute atomic E-state index is 12.5. The van der Waals surface area contributed by atoms with E-state index in [9.17, 15) is 10.1 Å². The van der Waals surface area contributed by atoms with Crippen molar-refractivity contribution in [3.8, 4) is 11.8 Å². The molecule has 0 spiro atoms. The van der Waals surface area contributed by atoms with E-state index in [2.05, 4.69) is 21.2 Å². The zero-order valence-electron chi connectivity index (χ0n) is 15.5. The highest BCUT2D eigenvalue weighted by Crippen LogP contribution is 2.29. The van der Waals surface area contributed by atoms with Crippen molar-refractivity contribution in [3.05, 3.63) is 97.9 Å². The lowest BCUT2D eigenvalue weighted by atomic mass is 10.1. The summed E-state index contributed by atoms with van der Waals surface area (Å²) in [5.41, 5.74) is 1.98. The van der Waals surface area contributed by atoms with Gasteiger partial charge in [-0.1, -0.05) is 59.6 Å². The van der Waals surface area contributed by atoms with E-state index in [1.807, 2.05) is 36.4 Å². The predicted molar refractivity (Wildman–Crippen MR) is 124 cm³/mol. The number of hydrogen-bond donors (Lipinski definition) is 1. The second-order valence-corrected chi connectivity index (χ2v) is 7.91. The Morgan fingerprint density at radius 2 is 1.87 bits per heavy atom. The van der Waals surface area contributed by atoms with Crippen molar-refractivity contribution in [2.45, 2.75) is 6.61 Å². The summed E-state index contributed by atoms with van der Waals surface area (Å²) in [6.07, 6.45) is 1.49. The van der Waals surface area contributed by atoms with E-state index in [4.69, 9.17) is 27.9 Å². The minimum atomic E-state index is -0.581. The molecular formula is C23H15BrCl2N2O2. The topological polar surface area (TPSA) is 62.1 Å². The van der Waals surface area contributed by atoms with E-state index < -0.39 is 5.91 Å². The quantitative estimate of drug-likeness (QED) is 0.295. The number of amides is 1. The van der Waals surface area contributed by atoms with Crippen LogP contribution in [-0.2, 0) is 11.4 Å². The second-order valence-electron chi connectivity index (χ2n) is 6.21. The molecule has 0 atom stereocenters. The average molecular weight is 502 g/mol. The summed E-state index contributed by atoms with van der Waals surface area (Å²) in [6, 6.07) is 21.7. The van der Waals surface area contributed by atoms with Gasteiger partial charge in [-0.25, -0.2) is 0 Å². The molecule has 7 heteroatoms. The van der Waals surface area contributed by atoms with Crippen LogP contribution in [0.2, 0.25) is 10.0 Å². The number of hydrogen-bond acceptors (Lipinski definition) is 3. The van der Waals surface area contributed by atoms with E-state index in [0.29, 0.717) is 38.1 Å². The van der Waals surface area contributed by atoms with Crippen LogP contribution in [0.5, 0.6) is 5.75 Å². The van der Waals surface area contributed by atoms with E-state index in [-0.39, 0.29) is 5.57 Å². The molecule has 3 aromatic rings. The Hall–Kier alpha value is -2.78. The molecule has 1 amide bonds. The van der Waals surface area contributed by atoms with Crippen molar-refractivity contribution < 1.29 is 9.53 Å². The van der Waals surface area contributed by atoms with E-state index in [0.717, 1.165) is 5.56 Å². The molecule has 4 nitrogen and oxygen atoms in total. The summed E-state index contributed by atoms with van der Waals surface area (Å²) in [5, 5.41) is 12.8. The van der Waals surface area contributed by atoms with Gasteiger partial charge in [0, 0.05) is 5.02 Å². The Morgan fingerprint density at radius 1 is 1.10 bits per heavy atom. The number of nitriles is 1. The van der Waals surface area contributed by atoms with Crippen molar-refractivity contribution in [1.82, 2.24) is 0 Å². The fourth-order valence-electron chi connectivity index (χ4n) is 2.56. The Labute approximate surface area is 192 Å². The van der Waals surface area contributed by atoms with Crippen LogP contribution in [0.4, 0.5) is 5.69 Å². The van der Waals surface area contributed by atoms with Gasteiger partial charge in [0.15, 0.2) is 0 Å². The van der Waals surface area contributed by atoms with Gasteiger partial charge in [-0.3, -0.25) is 4.79 Å². The van der Waals surface area contributed by atoms with Crippen LogP contribution < -0.4 is 10.1 Å². The zero-order valence-corrected chi connectivity index (χ0v) is 18.6. The number of ether oxygens (including phenoxy) is 1. The summed E-state index contributed by atoms with van der Waals surface area (Å²) >= 11 is 15.5.